The first-order valence-corrected chi connectivity index (χ1v) is 6.59. The molecule has 23 heavy (non-hydrogen) atoms. The molecule has 0 saturated heterocycles. The van der Waals surface area contributed by atoms with Gasteiger partial charge in [-0.1, -0.05) is 24.3 Å². The Balaban J connectivity index is 0.00000192. The van der Waals surface area contributed by atoms with Crippen LogP contribution in [0, 0.1) is 0 Å². The average Bonchev–Trinajstić information content (AvgIpc) is 2.92. The predicted molar refractivity (Wildman–Crippen MR) is 83.5 cm³/mol. The van der Waals surface area contributed by atoms with E-state index in [1.165, 1.54) is 10.8 Å². The van der Waals surface area contributed by atoms with E-state index >= 15 is 0 Å². The maximum atomic E-state index is 13.0. The number of rotatable bonds is 2. The fourth-order valence-corrected chi connectivity index (χ4v) is 2.42. The zero-order valence-corrected chi connectivity index (χ0v) is 12.9. The molecule has 0 spiro atoms. The first-order valence-electron chi connectivity index (χ1n) is 6.21. The number of alkyl halides is 3. The van der Waals surface area contributed by atoms with Crippen LogP contribution >= 0.6 is 24.0 Å². The van der Waals surface area contributed by atoms with Crippen molar-refractivity contribution in [3.63, 3.8) is 0 Å². The van der Waals surface area contributed by atoms with Crippen LogP contribution < -0.4 is 0 Å². The molecule has 1 aromatic carbocycles. The Hall–Kier alpha value is -2.05. The summed E-state index contributed by atoms with van der Waals surface area (Å²) in [6.07, 6.45) is -1.31. The van der Waals surface area contributed by atoms with E-state index in [-0.39, 0.29) is 12.4 Å². The van der Waals surface area contributed by atoms with Crippen LogP contribution in [0.4, 0.5) is 13.2 Å². The van der Waals surface area contributed by atoms with Gasteiger partial charge in [0.05, 0.1) is 11.1 Å². The second-order valence-corrected chi connectivity index (χ2v) is 4.96. The maximum absolute atomic E-state index is 13.0. The van der Waals surface area contributed by atoms with Gasteiger partial charge in [0.25, 0.3) is 5.24 Å². The molecule has 2 heterocycles. The molecule has 0 unspecified atom stereocenters. The zero-order valence-electron chi connectivity index (χ0n) is 11.3. The molecule has 0 atom stereocenters. The minimum Gasteiger partial charge on any atom is -0.307 e. The van der Waals surface area contributed by atoms with Crippen LogP contribution in [0.1, 0.15) is 15.9 Å². The summed E-state index contributed by atoms with van der Waals surface area (Å²) in [5.74, 6) is 0.299. The summed E-state index contributed by atoms with van der Waals surface area (Å²) in [6.45, 7) is 0. The van der Waals surface area contributed by atoms with Gasteiger partial charge in [0.15, 0.2) is 0 Å². The Kier molecular flexibility index (Phi) is 4.68. The Bertz CT molecular complexity index is 869. The SMILES string of the molecule is Cl.O=C(Cl)c1cn(-c2nccc3ccccc23)cc1C(F)(F)F. The van der Waals surface area contributed by atoms with E-state index in [2.05, 4.69) is 4.98 Å². The summed E-state index contributed by atoms with van der Waals surface area (Å²) >= 11 is 5.26. The third kappa shape index (κ3) is 3.18. The van der Waals surface area contributed by atoms with Crippen molar-refractivity contribution in [2.45, 2.75) is 6.18 Å². The maximum Gasteiger partial charge on any atom is 0.418 e. The second-order valence-electron chi connectivity index (χ2n) is 4.62. The highest BCUT2D eigenvalue weighted by Gasteiger charge is 2.36. The highest BCUT2D eigenvalue weighted by atomic mass is 35.5. The summed E-state index contributed by atoms with van der Waals surface area (Å²) in [4.78, 5) is 15.4. The molecule has 2 aromatic heterocycles. The Morgan fingerprint density at radius 2 is 1.83 bits per heavy atom. The van der Waals surface area contributed by atoms with Gasteiger partial charge < -0.3 is 4.57 Å². The minimum atomic E-state index is -4.67. The lowest BCUT2D eigenvalue weighted by atomic mass is 10.1. The topological polar surface area (TPSA) is 34.9 Å². The molecule has 0 N–H and O–H groups in total. The Labute approximate surface area is 140 Å². The third-order valence-corrected chi connectivity index (χ3v) is 3.44. The lowest BCUT2D eigenvalue weighted by molar-refractivity contribution is -0.137. The molecule has 0 saturated carbocycles. The normalized spacial score (nSPS) is 11.3. The Morgan fingerprint density at radius 3 is 2.43 bits per heavy atom. The van der Waals surface area contributed by atoms with Gasteiger partial charge in [-0.25, -0.2) is 4.98 Å². The smallest absolute Gasteiger partial charge is 0.307 e. The monoisotopic (exact) mass is 360 g/mol. The van der Waals surface area contributed by atoms with Crippen molar-refractivity contribution in [2.24, 2.45) is 0 Å². The number of carbonyl (C=O) groups excluding carboxylic acids is 1. The highest BCUT2D eigenvalue weighted by Crippen LogP contribution is 2.34. The van der Waals surface area contributed by atoms with Crippen molar-refractivity contribution in [2.75, 3.05) is 0 Å². The second kappa shape index (κ2) is 6.22. The number of halogens is 5. The molecule has 0 fully saturated rings. The van der Waals surface area contributed by atoms with Gasteiger partial charge in [-0.05, 0) is 23.1 Å². The lowest BCUT2D eigenvalue weighted by Gasteiger charge is -2.06. The van der Waals surface area contributed by atoms with Crippen molar-refractivity contribution in [3.05, 3.63) is 60.0 Å². The molecule has 0 aliphatic heterocycles. The number of nitrogens with zero attached hydrogens (tertiary/aromatic N) is 2. The molecule has 3 aromatic rings. The van der Waals surface area contributed by atoms with Crippen molar-refractivity contribution < 1.29 is 18.0 Å². The van der Waals surface area contributed by atoms with Crippen molar-refractivity contribution in [1.82, 2.24) is 9.55 Å². The number of pyridine rings is 1. The van der Waals surface area contributed by atoms with Crippen LogP contribution in [0.3, 0.4) is 0 Å². The Morgan fingerprint density at radius 1 is 1.13 bits per heavy atom. The molecule has 8 heteroatoms. The molecule has 0 bridgehead atoms. The lowest BCUT2D eigenvalue weighted by Crippen LogP contribution is -2.08. The van der Waals surface area contributed by atoms with E-state index < -0.39 is 22.5 Å². The van der Waals surface area contributed by atoms with Crippen molar-refractivity contribution >= 4 is 40.0 Å². The van der Waals surface area contributed by atoms with Crippen LogP contribution in [-0.2, 0) is 6.18 Å². The third-order valence-electron chi connectivity index (χ3n) is 3.24. The van der Waals surface area contributed by atoms with Gasteiger partial charge in [0.2, 0.25) is 0 Å². The first kappa shape index (κ1) is 17.3. The number of hydrogen-bond acceptors (Lipinski definition) is 2. The fraction of sp³-hybridized carbons (Fsp3) is 0.0667. The minimum absolute atomic E-state index is 0. The van der Waals surface area contributed by atoms with Crippen LogP contribution in [0.5, 0.6) is 0 Å². The van der Waals surface area contributed by atoms with Gasteiger partial charge in [-0.2, -0.15) is 13.2 Å². The summed E-state index contributed by atoms with van der Waals surface area (Å²) in [7, 11) is 0. The molecule has 0 radical (unpaired) electrons. The van der Waals surface area contributed by atoms with Gasteiger partial charge in [0, 0.05) is 24.0 Å². The average molecular weight is 361 g/mol. The largest absolute Gasteiger partial charge is 0.418 e. The molecular weight excluding hydrogens is 352 g/mol. The summed E-state index contributed by atoms with van der Waals surface area (Å²) in [5.41, 5.74) is -1.67. The van der Waals surface area contributed by atoms with Crippen LogP contribution in [-0.4, -0.2) is 14.8 Å². The standard InChI is InChI=1S/C15H8ClF3N2O.ClH/c16-13(22)11-7-21(8-12(11)15(17,18)19)14-10-4-2-1-3-9(10)5-6-20-14;/h1-8H;1H. The summed E-state index contributed by atoms with van der Waals surface area (Å²) in [6, 6.07) is 8.89. The van der Waals surface area contributed by atoms with Gasteiger partial charge in [-0.15, -0.1) is 12.4 Å². The van der Waals surface area contributed by atoms with Crippen LogP contribution in [0.15, 0.2) is 48.9 Å². The van der Waals surface area contributed by atoms with Gasteiger partial charge >= 0.3 is 6.18 Å². The van der Waals surface area contributed by atoms with E-state index in [4.69, 9.17) is 11.6 Å². The molecule has 0 aliphatic rings. The van der Waals surface area contributed by atoms with Gasteiger partial charge in [-0.3, -0.25) is 4.79 Å². The van der Waals surface area contributed by atoms with Gasteiger partial charge in [0.1, 0.15) is 5.82 Å². The molecule has 0 amide bonds. The first-order chi connectivity index (χ1) is 10.4. The number of fused-ring (bicyclic) bond motifs is 1. The van der Waals surface area contributed by atoms with E-state index in [1.54, 1.807) is 18.2 Å². The van der Waals surface area contributed by atoms with E-state index in [0.717, 1.165) is 17.8 Å². The highest BCUT2D eigenvalue weighted by molar-refractivity contribution is 6.67. The molecule has 120 valence electrons. The van der Waals surface area contributed by atoms with Crippen molar-refractivity contribution in [1.29, 1.82) is 0 Å². The van der Waals surface area contributed by atoms with Crippen LogP contribution in [0.25, 0.3) is 16.6 Å². The van der Waals surface area contributed by atoms with E-state index in [0.29, 0.717) is 11.2 Å². The summed E-state index contributed by atoms with van der Waals surface area (Å²) in [5, 5.41) is 0.335. The number of benzene rings is 1. The van der Waals surface area contributed by atoms with E-state index in [9.17, 15) is 18.0 Å². The number of carbonyl (C=O) groups is 1. The van der Waals surface area contributed by atoms with Crippen molar-refractivity contribution in [3.8, 4) is 5.82 Å². The summed E-state index contributed by atoms with van der Waals surface area (Å²) < 4.78 is 40.2. The molecular formula is C15H9Cl2F3N2O. The number of hydrogen-bond donors (Lipinski definition) is 0. The quantitative estimate of drug-likeness (QED) is 0.612. The molecule has 3 rings (SSSR count). The van der Waals surface area contributed by atoms with Crippen LogP contribution in [0.2, 0.25) is 0 Å². The predicted octanol–water partition coefficient (Wildman–Crippen LogP) is 4.85. The zero-order chi connectivity index (χ0) is 15.9. The van der Waals surface area contributed by atoms with E-state index in [1.807, 2.05) is 12.1 Å². The molecule has 3 nitrogen and oxygen atoms in total. The molecule has 0 aliphatic carbocycles. The fourth-order valence-electron chi connectivity index (χ4n) is 2.27. The number of aromatic nitrogens is 2.